The molecular formula is C15H9Cl3O2. The second-order valence-corrected chi connectivity index (χ2v) is 5.95. The minimum absolute atomic E-state index is 0.0261. The molecule has 2 aromatic rings. The largest absolute Gasteiger partial charge is 0.481 e. The lowest BCUT2D eigenvalue weighted by atomic mass is 9.94. The van der Waals surface area contributed by atoms with Gasteiger partial charge in [-0.15, -0.1) is 0 Å². The zero-order valence-electron chi connectivity index (χ0n) is 10.2. The van der Waals surface area contributed by atoms with Crippen LogP contribution in [0.25, 0.3) is 11.1 Å². The molecule has 0 spiro atoms. The predicted molar refractivity (Wildman–Crippen MR) is 81.0 cm³/mol. The number of rotatable bonds is 2. The zero-order valence-corrected chi connectivity index (χ0v) is 12.4. The van der Waals surface area contributed by atoms with E-state index in [0.29, 0.717) is 15.1 Å². The molecule has 2 aromatic carbocycles. The summed E-state index contributed by atoms with van der Waals surface area (Å²) in [6.07, 6.45) is -0.0261. The number of aliphatic carboxylic acids is 1. The minimum Gasteiger partial charge on any atom is -0.481 e. The Morgan fingerprint density at radius 3 is 2.60 bits per heavy atom. The second kappa shape index (κ2) is 4.96. The Balaban J connectivity index is 2.32. The number of benzene rings is 2. The molecule has 0 aliphatic heterocycles. The van der Waals surface area contributed by atoms with E-state index in [0.717, 1.165) is 22.3 Å². The number of hydrogen-bond donors (Lipinski definition) is 1. The van der Waals surface area contributed by atoms with Crippen molar-refractivity contribution in [3.63, 3.8) is 0 Å². The van der Waals surface area contributed by atoms with Gasteiger partial charge in [0, 0.05) is 26.5 Å². The van der Waals surface area contributed by atoms with Gasteiger partial charge in [0.25, 0.3) is 0 Å². The van der Waals surface area contributed by atoms with Crippen LogP contribution in [0.15, 0.2) is 30.3 Å². The average Bonchev–Trinajstić information content (AvgIpc) is 2.64. The maximum absolute atomic E-state index is 11.1. The Morgan fingerprint density at radius 1 is 1.15 bits per heavy atom. The topological polar surface area (TPSA) is 37.3 Å². The summed E-state index contributed by atoms with van der Waals surface area (Å²) in [6.45, 7) is 0. The van der Waals surface area contributed by atoms with Gasteiger partial charge in [-0.1, -0.05) is 46.9 Å². The molecule has 2 nitrogen and oxygen atoms in total. The van der Waals surface area contributed by atoms with E-state index in [4.69, 9.17) is 39.9 Å². The third kappa shape index (κ3) is 2.08. The highest BCUT2D eigenvalue weighted by molar-refractivity contribution is 6.37. The molecule has 1 aliphatic rings. The van der Waals surface area contributed by atoms with Gasteiger partial charge in [-0.2, -0.15) is 0 Å². The monoisotopic (exact) mass is 326 g/mol. The highest BCUT2D eigenvalue weighted by Crippen LogP contribution is 2.52. The molecule has 0 saturated carbocycles. The predicted octanol–water partition coefficient (Wildman–Crippen LogP) is 5.23. The Bertz CT molecular complexity index is 725. The van der Waals surface area contributed by atoms with Crippen molar-refractivity contribution in [1.29, 1.82) is 0 Å². The van der Waals surface area contributed by atoms with E-state index in [9.17, 15) is 4.79 Å². The first kappa shape index (κ1) is 13.7. The molecule has 0 bridgehead atoms. The molecular weight excluding hydrogens is 319 g/mol. The molecule has 1 atom stereocenters. The van der Waals surface area contributed by atoms with Crippen molar-refractivity contribution in [1.82, 2.24) is 0 Å². The van der Waals surface area contributed by atoms with Gasteiger partial charge in [0.15, 0.2) is 0 Å². The van der Waals surface area contributed by atoms with Crippen molar-refractivity contribution in [3.8, 4) is 11.1 Å². The van der Waals surface area contributed by atoms with Gasteiger partial charge in [0.1, 0.15) is 0 Å². The molecule has 102 valence electrons. The summed E-state index contributed by atoms with van der Waals surface area (Å²) in [5, 5.41) is 10.7. The molecule has 3 rings (SSSR count). The van der Waals surface area contributed by atoms with Gasteiger partial charge in [0.2, 0.25) is 0 Å². The fourth-order valence-electron chi connectivity index (χ4n) is 2.80. The molecule has 1 aliphatic carbocycles. The van der Waals surface area contributed by atoms with Crippen LogP contribution < -0.4 is 0 Å². The van der Waals surface area contributed by atoms with Crippen LogP contribution in [-0.2, 0) is 4.79 Å². The standard InChI is InChI=1S/C15H9Cl3O2/c16-7-4-10-14-8(2-1-3-11(14)17)9(6-13(19)20)15(10)12(18)5-7/h1-5,9H,6H2,(H,19,20). The fourth-order valence-corrected chi connectivity index (χ4v) is 3.71. The van der Waals surface area contributed by atoms with E-state index in [1.807, 2.05) is 12.1 Å². The molecule has 1 N–H and O–H groups in total. The third-order valence-electron chi connectivity index (χ3n) is 3.51. The van der Waals surface area contributed by atoms with E-state index >= 15 is 0 Å². The zero-order chi connectivity index (χ0) is 14.4. The summed E-state index contributed by atoms with van der Waals surface area (Å²) in [5.41, 5.74) is 3.34. The summed E-state index contributed by atoms with van der Waals surface area (Å²) in [6, 6.07) is 8.91. The van der Waals surface area contributed by atoms with Gasteiger partial charge < -0.3 is 5.11 Å². The molecule has 0 saturated heterocycles. The fraction of sp³-hybridized carbons (Fsp3) is 0.133. The van der Waals surface area contributed by atoms with E-state index in [1.54, 1.807) is 18.2 Å². The van der Waals surface area contributed by atoms with Crippen LogP contribution in [0.5, 0.6) is 0 Å². The number of fused-ring (bicyclic) bond motifs is 3. The first-order chi connectivity index (χ1) is 9.49. The molecule has 5 heteroatoms. The van der Waals surface area contributed by atoms with Gasteiger partial charge in [-0.25, -0.2) is 0 Å². The number of hydrogen-bond acceptors (Lipinski definition) is 1. The summed E-state index contributed by atoms with van der Waals surface area (Å²) >= 11 is 18.6. The van der Waals surface area contributed by atoms with Crippen LogP contribution in [0.3, 0.4) is 0 Å². The van der Waals surface area contributed by atoms with E-state index in [-0.39, 0.29) is 12.3 Å². The Labute approximate surface area is 130 Å². The Kier molecular flexibility index (Phi) is 3.41. The summed E-state index contributed by atoms with van der Waals surface area (Å²) in [5.74, 6) is -1.17. The third-order valence-corrected chi connectivity index (χ3v) is 4.36. The number of carbonyl (C=O) groups is 1. The Hall–Kier alpha value is -1.22. The lowest BCUT2D eigenvalue weighted by Gasteiger charge is -2.12. The molecule has 20 heavy (non-hydrogen) atoms. The quantitative estimate of drug-likeness (QED) is 0.819. The van der Waals surface area contributed by atoms with Gasteiger partial charge >= 0.3 is 5.97 Å². The van der Waals surface area contributed by atoms with Crippen LogP contribution in [-0.4, -0.2) is 11.1 Å². The highest BCUT2D eigenvalue weighted by atomic mass is 35.5. The van der Waals surface area contributed by atoms with Crippen LogP contribution in [0.2, 0.25) is 15.1 Å². The smallest absolute Gasteiger partial charge is 0.304 e. The van der Waals surface area contributed by atoms with E-state index in [1.165, 1.54) is 0 Å². The maximum atomic E-state index is 11.1. The first-order valence-corrected chi connectivity index (χ1v) is 7.12. The average molecular weight is 328 g/mol. The second-order valence-electron chi connectivity index (χ2n) is 4.70. The van der Waals surface area contributed by atoms with Crippen molar-refractivity contribution in [2.45, 2.75) is 12.3 Å². The SMILES string of the molecule is O=C(O)CC1c2cccc(Cl)c2-c2cc(Cl)cc(Cl)c21. The van der Waals surface area contributed by atoms with Crippen molar-refractivity contribution >= 4 is 40.8 Å². The minimum atomic E-state index is -0.875. The normalized spacial score (nSPS) is 15.8. The molecule has 1 unspecified atom stereocenters. The van der Waals surface area contributed by atoms with Crippen molar-refractivity contribution in [3.05, 3.63) is 56.5 Å². The molecule has 0 heterocycles. The summed E-state index contributed by atoms with van der Waals surface area (Å²) < 4.78 is 0. The lowest BCUT2D eigenvalue weighted by molar-refractivity contribution is -0.137. The van der Waals surface area contributed by atoms with Crippen LogP contribution in [0.1, 0.15) is 23.5 Å². The molecule has 0 fully saturated rings. The maximum Gasteiger partial charge on any atom is 0.304 e. The van der Waals surface area contributed by atoms with Crippen molar-refractivity contribution in [2.75, 3.05) is 0 Å². The van der Waals surface area contributed by atoms with Crippen LogP contribution >= 0.6 is 34.8 Å². The molecule has 0 aromatic heterocycles. The number of halogens is 3. The molecule has 0 amide bonds. The van der Waals surface area contributed by atoms with Crippen molar-refractivity contribution in [2.24, 2.45) is 0 Å². The number of carboxylic acids is 1. The van der Waals surface area contributed by atoms with Crippen LogP contribution in [0, 0.1) is 0 Å². The van der Waals surface area contributed by atoms with E-state index < -0.39 is 5.97 Å². The molecule has 0 radical (unpaired) electrons. The van der Waals surface area contributed by atoms with Gasteiger partial charge in [0.05, 0.1) is 6.42 Å². The van der Waals surface area contributed by atoms with Crippen molar-refractivity contribution < 1.29 is 9.90 Å². The van der Waals surface area contributed by atoms with Gasteiger partial charge in [-0.05, 0) is 34.9 Å². The van der Waals surface area contributed by atoms with Gasteiger partial charge in [-0.3, -0.25) is 4.79 Å². The summed E-state index contributed by atoms with van der Waals surface area (Å²) in [7, 11) is 0. The number of carboxylic acid groups (broad SMARTS) is 1. The van der Waals surface area contributed by atoms with Crippen LogP contribution in [0.4, 0.5) is 0 Å². The Morgan fingerprint density at radius 2 is 1.90 bits per heavy atom. The summed E-state index contributed by atoms with van der Waals surface area (Å²) in [4.78, 5) is 11.1. The first-order valence-electron chi connectivity index (χ1n) is 5.98. The highest BCUT2D eigenvalue weighted by Gasteiger charge is 2.33. The lowest BCUT2D eigenvalue weighted by Crippen LogP contribution is -2.05. The van der Waals surface area contributed by atoms with E-state index in [2.05, 4.69) is 0 Å².